The van der Waals surface area contributed by atoms with Crippen molar-refractivity contribution in [2.75, 3.05) is 5.06 Å². The minimum atomic E-state index is -0.687. The molecular weight excluding hydrogens is 265 g/mol. The summed E-state index contributed by atoms with van der Waals surface area (Å²) in [5.41, 5.74) is 0.209. The minimum absolute atomic E-state index is 0.0265. The van der Waals surface area contributed by atoms with E-state index in [1.54, 1.807) is 6.07 Å². The van der Waals surface area contributed by atoms with Gasteiger partial charge in [-0.1, -0.05) is 23.2 Å². The van der Waals surface area contributed by atoms with E-state index in [-0.39, 0.29) is 16.5 Å². The van der Waals surface area contributed by atoms with Crippen molar-refractivity contribution < 1.29 is 14.4 Å². The van der Waals surface area contributed by atoms with Crippen LogP contribution in [0, 0.1) is 0 Å². The van der Waals surface area contributed by atoms with Crippen LogP contribution in [0.25, 0.3) is 0 Å². The molecule has 4 nitrogen and oxygen atoms in total. The van der Waals surface area contributed by atoms with Crippen LogP contribution in [-0.2, 0) is 0 Å². The SMILES string of the molecule is O=C(c1ccco1)N(O)c1ccc(Cl)c(Cl)c1. The van der Waals surface area contributed by atoms with Crippen LogP contribution in [0.1, 0.15) is 10.6 Å². The van der Waals surface area contributed by atoms with E-state index in [0.29, 0.717) is 10.1 Å². The van der Waals surface area contributed by atoms with Crippen LogP contribution in [-0.4, -0.2) is 11.1 Å². The lowest BCUT2D eigenvalue weighted by Gasteiger charge is -2.13. The van der Waals surface area contributed by atoms with Crippen molar-refractivity contribution in [1.29, 1.82) is 0 Å². The van der Waals surface area contributed by atoms with Crippen LogP contribution in [0.3, 0.4) is 0 Å². The molecule has 88 valence electrons. The number of carbonyl (C=O) groups is 1. The third-order valence-electron chi connectivity index (χ3n) is 2.07. The first-order valence-electron chi connectivity index (χ1n) is 4.61. The molecule has 1 amide bonds. The summed E-state index contributed by atoms with van der Waals surface area (Å²) in [4.78, 5) is 11.7. The normalized spacial score (nSPS) is 10.3. The highest BCUT2D eigenvalue weighted by molar-refractivity contribution is 6.42. The Morgan fingerprint density at radius 3 is 2.59 bits per heavy atom. The molecule has 1 aromatic heterocycles. The van der Waals surface area contributed by atoms with E-state index in [0.717, 1.165) is 0 Å². The zero-order valence-electron chi connectivity index (χ0n) is 8.43. The maximum Gasteiger partial charge on any atom is 0.317 e. The smallest absolute Gasteiger partial charge is 0.317 e. The third kappa shape index (κ3) is 2.44. The number of rotatable bonds is 2. The Kier molecular flexibility index (Phi) is 3.38. The molecule has 17 heavy (non-hydrogen) atoms. The number of hydroxylamine groups is 1. The molecule has 0 fully saturated rings. The highest BCUT2D eigenvalue weighted by Crippen LogP contribution is 2.27. The summed E-state index contributed by atoms with van der Waals surface area (Å²) in [6.07, 6.45) is 1.34. The van der Waals surface area contributed by atoms with Crippen LogP contribution in [0.5, 0.6) is 0 Å². The number of hydrogen-bond acceptors (Lipinski definition) is 3. The van der Waals surface area contributed by atoms with E-state index in [4.69, 9.17) is 27.6 Å². The van der Waals surface area contributed by atoms with Gasteiger partial charge in [0, 0.05) is 0 Å². The van der Waals surface area contributed by atoms with Crippen molar-refractivity contribution >= 4 is 34.8 Å². The molecule has 2 rings (SSSR count). The Bertz CT molecular complexity index is 540. The van der Waals surface area contributed by atoms with Gasteiger partial charge in [-0.3, -0.25) is 10.0 Å². The average Bonchev–Trinajstić information content (AvgIpc) is 2.84. The first-order valence-corrected chi connectivity index (χ1v) is 5.37. The molecule has 2 aromatic rings. The lowest BCUT2D eigenvalue weighted by atomic mass is 10.3. The lowest BCUT2D eigenvalue weighted by Crippen LogP contribution is -2.26. The van der Waals surface area contributed by atoms with Crippen LogP contribution in [0.4, 0.5) is 5.69 Å². The van der Waals surface area contributed by atoms with Gasteiger partial charge in [-0.05, 0) is 30.3 Å². The molecule has 0 radical (unpaired) electrons. The van der Waals surface area contributed by atoms with Gasteiger partial charge in [0.1, 0.15) is 0 Å². The van der Waals surface area contributed by atoms with Gasteiger partial charge in [-0.15, -0.1) is 0 Å². The van der Waals surface area contributed by atoms with Gasteiger partial charge in [-0.25, -0.2) is 0 Å². The molecular formula is C11H7Cl2NO3. The molecule has 0 spiro atoms. The number of anilines is 1. The first kappa shape index (κ1) is 12.0. The second-order valence-corrected chi connectivity index (χ2v) is 4.01. The number of hydrogen-bond donors (Lipinski definition) is 1. The molecule has 1 aromatic carbocycles. The quantitative estimate of drug-likeness (QED) is 0.671. The summed E-state index contributed by atoms with van der Waals surface area (Å²) in [7, 11) is 0. The average molecular weight is 272 g/mol. The van der Waals surface area contributed by atoms with Crippen LogP contribution < -0.4 is 5.06 Å². The van der Waals surface area contributed by atoms with Crippen molar-refractivity contribution in [2.24, 2.45) is 0 Å². The zero-order valence-corrected chi connectivity index (χ0v) is 9.94. The molecule has 0 atom stereocenters. The van der Waals surface area contributed by atoms with E-state index >= 15 is 0 Å². The molecule has 0 unspecified atom stereocenters. The fourth-order valence-corrected chi connectivity index (χ4v) is 1.53. The van der Waals surface area contributed by atoms with Crippen molar-refractivity contribution in [3.63, 3.8) is 0 Å². The van der Waals surface area contributed by atoms with Gasteiger partial charge < -0.3 is 4.42 Å². The zero-order chi connectivity index (χ0) is 12.4. The van der Waals surface area contributed by atoms with Gasteiger partial charge in [0.25, 0.3) is 0 Å². The first-order chi connectivity index (χ1) is 8.09. The predicted molar refractivity (Wildman–Crippen MR) is 63.8 cm³/mol. The summed E-state index contributed by atoms with van der Waals surface area (Å²) in [6, 6.07) is 7.33. The van der Waals surface area contributed by atoms with Crippen LogP contribution in [0.15, 0.2) is 41.0 Å². The molecule has 0 saturated heterocycles. The van der Waals surface area contributed by atoms with E-state index in [2.05, 4.69) is 0 Å². The van der Waals surface area contributed by atoms with Gasteiger partial charge in [0.15, 0.2) is 5.76 Å². The number of amides is 1. The number of nitrogens with zero attached hydrogens (tertiary/aromatic N) is 1. The summed E-state index contributed by atoms with van der Waals surface area (Å²) in [5, 5.41) is 10.7. The van der Waals surface area contributed by atoms with E-state index in [9.17, 15) is 10.0 Å². The Morgan fingerprint density at radius 2 is 2.00 bits per heavy atom. The highest BCUT2D eigenvalue weighted by Gasteiger charge is 2.18. The number of carbonyl (C=O) groups excluding carboxylic acids is 1. The summed E-state index contributed by atoms with van der Waals surface area (Å²) < 4.78 is 4.88. The van der Waals surface area contributed by atoms with Crippen molar-refractivity contribution in [3.8, 4) is 0 Å². The van der Waals surface area contributed by atoms with E-state index in [1.165, 1.54) is 30.5 Å². The van der Waals surface area contributed by atoms with Gasteiger partial charge in [-0.2, -0.15) is 5.06 Å². The second kappa shape index (κ2) is 4.79. The Labute approximate surface area is 107 Å². The lowest BCUT2D eigenvalue weighted by molar-refractivity contribution is 0.0826. The standard InChI is InChI=1S/C11H7Cl2NO3/c12-8-4-3-7(6-9(8)13)14(16)11(15)10-2-1-5-17-10/h1-6,16H. The monoisotopic (exact) mass is 271 g/mol. The van der Waals surface area contributed by atoms with Gasteiger partial charge in [0.05, 0.1) is 22.0 Å². The van der Waals surface area contributed by atoms with Gasteiger partial charge >= 0.3 is 5.91 Å². The molecule has 6 heteroatoms. The highest BCUT2D eigenvalue weighted by atomic mass is 35.5. The number of benzene rings is 1. The van der Waals surface area contributed by atoms with Crippen molar-refractivity contribution in [1.82, 2.24) is 0 Å². The molecule has 1 heterocycles. The van der Waals surface area contributed by atoms with Crippen LogP contribution >= 0.6 is 23.2 Å². The summed E-state index contributed by atoms with van der Waals surface area (Å²) in [5.74, 6) is -0.660. The summed E-state index contributed by atoms with van der Waals surface area (Å²) in [6.45, 7) is 0. The fraction of sp³-hybridized carbons (Fsp3) is 0. The van der Waals surface area contributed by atoms with Crippen molar-refractivity contribution in [2.45, 2.75) is 0 Å². The largest absolute Gasteiger partial charge is 0.459 e. The Morgan fingerprint density at radius 1 is 1.24 bits per heavy atom. The summed E-state index contributed by atoms with van der Waals surface area (Å²) >= 11 is 11.5. The molecule has 0 aliphatic rings. The Hall–Kier alpha value is -1.49. The molecule has 0 bridgehead atoms. The third-order valence-corrected chi connectivity index (χ3v) is 2.81. The minimum Gasteiger partial charge on any atom is -0.459 e. The molecule has 0 aliphatic heterocycles. The molecule has 0 saturated carbocycles. The maximum absolute atomic E-state index is 11.7. The van der Waals surface area contributed by atoms with Crippen LogP contribution in [0.2, 0.25) is 10.0 Å². The number of furan rings is 1. The Balaban J connectivity index is 2.28. The topological polar surface area (TPSA) is 53.7 Å². The van der Waals surface area contributed by atoms with Crippen molar-refractivity contribution in [3.05, 3.63) is 52.4 Å². The van der Waals surface area contributed by atoms with E-state index < -0.39 is 5.91 Å². The fourth-order valence-electron chi connectivity index (χ4n) is 1.24. The van der Waals surface area contributed by atoms with Gasteiger partial charge in [0.2, 0.25) is 0 Å². The predicted octanol–water partition coefficient (Wildman–Crippen LogP) is 3.62. The maximum atomic E-state index is 11.7. The molecule has 0 aliphatic carbocycles. The van der Waals surface area contributed by atoms with E-state index in [1.807, 2.05) is 0 Å². The second-order valence-electron chi connectivity index (χ2n) is 3.19. The molecule has 1 N–H and O–H groups in total. The number of halogens is 2.